The van der Waals surface area contributed by atoms with Gasteiger partial charge in [-0.3, -0.25) is 9.80 Å². The highest BCUT2D eigenvalue weighted by atomic mass is 15.3. The van der Waals surface area contributed by atoms with Gasteiger partial charge in [0, 0.05) is 51.4 Å². The van der Waals surface area contributed by atoms with Crippen molar-refractivity contribution in [2.75, 3.05) is 60.4 Å². The van der Waals surface area contributed by atoms with E-state index in [2.05, 4.69) is 48.1 Å². The molecule has 0 aromatic rings. The molecule has 2 rings (SSSR count). The summed E-state index contributed by atoms with van der Waals surface area (Å²) in [7, 11) is 6.47. The van der Waals surface area contributed by atoms with Crippen LogP contribution in [-0.4, -0.2) is 87.2 Å². The highest BCUT2D eigenvalue weighted by molar-refractivity contribution is 4.91. The zero-order chi connectivity index (χ0) is 14.5. The largest absolute Gasteiger partial charge is 0.315 e. The first-order chi connectivity index (χ1) is 9.60. The first-order valence-corrected chi connectivity index (χ1v) is 8.38. The van der Waals surface area contributed by atoms with Crippen LogP contribution in [0, 0.1) is 5.92 Å². The number of hydrogen-bond donors (Lipinski definition) is 1. The molecule has 3 atom stereocenters. The van der Waals surface area contributed by atoms with Crippen molar-refractivity contribution in [3.8, 4) is 0 Å². The minimum atomic E-state index is 0.708. The van der Waals surface area contributed by atoms with Crippen LogP contribution in [0.25, 0.3) is 0 Å². The summed E-state index contributed by atoms with van der Waals surface area (Å²) in [5.74, 6) is 0.899. The fourth-order valence-corrected chi connectivity index (χ4v) is 3.75. The van der Waals surface area contributed by atoms with Gasteiger partial charge in [-0.2, -0.15) is 0 Å². The predicted molar refractivity (Wildman–Crippen MR) is 86.2 cm³/mol. The molecule has 3 unspecified atom stereocenters. The molecule has 0 spiro atoms. The Hall–Kier alpha value is -0.160. The van der Waals surface area contributed by atoms with Crippen molar-refractivity contribution in [3.05, 3.63) is 0 Å². The molecule has 1 N–H and O–H groups in total. The summed E-state index contributed by atoms with van der Waals surface area (Å²) in [5, 5.41) is 3.56. The molecule has 118 valence electrons. The van der Waals surface area contributed by atoms with Crippen molar-refractivity contribution in [1.82, 2.24) is 20.0 Å². The lowest BCUT2D eigenvalue weighted by atomic mass is 9.82. The molecule has 0 aromatic heterocycles. The Morgan fingerprint density at radius 2 is 1.80 bits per heavy atom. The third-order valence-electron chi connectivity index (χ3n) is 5.19. The molecule has 1 saturated heterocycles. The van der Waals surface area contributed by atoms with E-state index in [4.69, 9.17) is 0 Å². The molecular weight excluding hydrogens is 248 g/mol. The number of nitrogens with one attached hydrogen (secondary N) is 1. The van der Waals surface area contributed by atoms with E-state index in [1.54, 1.807) is 0 Å². The molecule has 1 aliphatic carbocycles. The number of hydrogen-bond acceptors (Lipinski definition) is 4. The standard InChI is InChI=1S/C16H34N4/c1-14-5-6-15(17-2)16(13-14)20-11-9-19(10-12-20)8-7-18(3)4/h14-17H,5-13H2,1-4H3. The maximum atomic E-state index is 3.56. The van der Waals surface area contributed by atoms with Crippen LogP contribution in [0.15, 0.2) is 0 Å². The van der Waals surface area contributed by atoms with Gasteiger partial charge in [0.2, 0.25) is 0 Å². The zero-order valence-electron chi connectivity index (χ0n) is 13.9. The molecule has 2 aliphatic rings. The quantitative estimate of drug-likeness (QED) is 0.810. The van der Waals surface area contributed by atoms with Crippen LogP contribution < -0.4 is 5.32 Å². The average Bonchev–Trinajstić information content (AvgIpc) is 2.45. The van der Waals surface area contributed by atoms with Crippen molar-refractivity contribution in [3.63, 3.8) is 0 Å². The Labute approximate surface area is 125 Å². The molecular formula is C16H34N4. The van der Waals surface area contributed by atoms with Crippen LogP contribution in [0.3, 0.4) is 0 Å². The summed E-state index contributed by atoms with van der Waals surface area (Å²) in [6.07, 6.45) is 4.12. The topological polar surface area (TPSA) is 21.8 Å². The van der Waals surface area contributed by atoms with Crippen molar-refractivity contribution in [2.45, 2.75) is 38.3 Å². The van der Waals surface area contributed by atoms with E-state index < -0.39 is 0 Å². The molecule has 20 heavy (non-hydrogen) atoms. The molecule has 0 aromatic carbocycles. The van der Waals surface area contributed by atoms with E-state index in [1.807, 2.05) is 0 Å². The average molecular weight is 282 g/mol. The second-order valence-corrected chi connectivity index (χ2v) is 7.06. The number of rotatable bonds is 5. The van der Waals surface area contributed by atoms with Gasteiger partial charge in [0.05, 0.1) is 0 Å². The highest BCUT2D eigenvalue weighted by Gasteiger charge is 2.33. The second kappa shape index (κ2) is 7.74. The van der Waals surface area contributed by atoms with Gasteiger partial charge in [0.15, 0.2) is 0 Å². The minimum absolute atomic E-state index is 0.708. The molecule has 0 amide bonds. The normalized spacial score (nSPS) is 33.8. The monoisotopic (exact) mass is 282 g/mol. The third kappa shape index (κ3) is 4.42. The fraction of sp³-hybridized carbons (Fsp3) is 1.00. The molecule has 4 heteroatoms. The second-order valence-electron chi connectivity index (χ2n) is 7.06. The van der Waals surface area contributed by atoms with Crippen LogP contribution >= 0.6 is 0 Å². The van der Waals surface area contributed by atoms with Crippen molar-refractivity contribution < 1.29 is 0 Å². The van der Waals surface area contributed by atoms with Gasteiger partial charge in [-0.1, -0.05) is 6.92 Å². The zero-order valence-corrected chi connectivity index (χ0v) is 13.9. The van der Waals surface area contributed by atoms with Crippen molar-refractivity contribution in [2.24, 2.45) is 5.92 Å². The van der Waals surface area contributed by atoms with E-state index >= 15 is 0 Å². The van der Waals surface area contributed by atoms with Gasteiger partial charge in [-0.05, 0) is 46.3 Å². The summed E-state index contributed by atoms with van der Waals surface area (Å²) in [5.41, 5.74) is 0. The molecule has 4 nitrogen and oxygen atoms in total. The highest BCUT2D eigenvalue weighted by Crippen LogP contribution is 2.28. The summed E-state index contributed by atoms with van der Waals surface area (Å²) in [4.78, 5) is 7.66. The maximum absolute atomic E-state index is 3.56. The van der Waals surface area contributed by atoms with E-state index in [0.717, 1.165) is 12.0 Å². The fourth-order valence-electron chi connectivity index (χ4n) is 3.75. The van der Waals surface area contributed by atoms with Crippen LogP contribution in [-0.2, 0) is 0 Å². The number of likely N-dealkylation sites (N-methyl/N-ethyl adjacent to an activating group) is 2. The SMILES string of the molecule is CNC1CCC(C)CC1N1CCN(CCN(C)C)CC1. The van der Waals surface area contributed by atoms with Crippen molar-refractivity contribution >= 4 is 0 Å². The third-order valence-corrected chi connectivity index (χ3v) is 5.19. The number of piperazine rings is 1. The Bertz CT molecular complexity index is 274. The van der Waals surface area contributed by atoms with E-state index in [-0.39, 0.29) is 0 Å². The molecule has 1 saturated carbocycles. The lowest BCUT2D eigenvalue weighted by Gasteiger charge is -2.45. The van der Waals surface area contributed by atoms with E-state index in [1.165, 1.54) is 58.5 Å². The first kappa shape index (κ1) is 16.2. The Morgan fingerprint density at radius 1 is 1.10 bits per heavy atom. The Balaban J connectivity index is 1.79. The maximum Gasteiger partial charge on any atom is 0.0252 e. The summed E-state index contributed by atoms with van der Waals surface area (Å²) >= 11 is 0. The van der Waals surface area contributed by atoms with Crippen molar-refractivity contribution in [1.29, 1.82) is 0 Å². The van der Waals surface area contributed by atoms with Crippen LogP contribution in [0.2, 0.25) is 0 Å². The molecule has 0 radical (unpaired) electrons. The van der Waals surface area contributed by atoms with E-state index in [0.29, 0.717) is 6.04 Å². The van der Waals surface area contributed by atoms with Gasteiger partial charge in [0.1, 0.15) is 0 Å². The lowest BCUT2D eigenvalue weighted by molar-refractivity contribution is 0.0500. The van der Waals surface area contributed by atoms with Crippen LogP contribution in [0.4, 0.5) is 0 Å². The van der Waals surface area contributed by atoms with Gasteiger partial charge in [-0.25, -0.2) is 0 Å². The smallest absolute Gasteiger partial charge is 0.0252 e. The predicted octanol–water partition coefficient (Wildman–Crippen LogP) is 0.942. The summed E-state index contributed by atoms with van der Waals surface area (Å²) < 4.78 is 0. The Morgan fingerprint density at radius 3 is 2.40 bits per heavy atom. The number of nitrogens with zero attached hydrogens (tertiary/aromatic N) is 3. The summed E-state index contributed by atoms with van der Waals surface area (Å²) in [6, 6.07) is 1.47. The van der Waals surface area contributed by atoms with Gasteiger partial charge in [-0.15, -0.1) is 0 Å². The van der Waals surface area contributed by atoms with Gasteiger partial charge in [0.25, 0.3) is 0 Å². The van der Waals surface area contributed by atoms with Gasteiger partial charge >= 0.3 is 0 Å². The molecule has 0 bridgehead atoms. The van der Waals surface area contributed by atoms with E-state index in [9.17, 15) is 0 Å². The van der Waals surface area contributed by atoms with Crippen LogP contribution in [0.1, 0.15) is 26.2 Å². The Kier molecular flexibility index (Phi) is 6.27. The molecule has 1 heterocycles. The van der Waals surface area contributed by atoms with Gasteiger partial charge < -0.3 is 10.2 Å². The summed E-state index contributed by atoms with van der Waals surface area (Å²) in [6.45, 7) is 9.82. The molecule has 1 aliphatic heterocycles. The minimum Gasteiger partial charge on any atom is -0.315 e. The first-order valence-electron chi connectivity index (χ1n) is 8.38. The van der Waals surface area contributed by atoms with Crippen LogP contribution in [0.5, 0.6) is 0 Å². The lowest BCUT2D eigenvalue weighted by Crippen LogP contribution is -2.58. The molecule has 2 fully saturated rings.